The molecule has 6 heteroatoms. The monoisotopic (exact) mass is 273 g/mol. The summed E-state index contributed by atoms with van der Waals surface area (Å²) >= 11 is 0. The molecule has 4 nitrogen and oxygen atoms in total. The van der Waals surface area contributed by atoms with Gasteiger partial charge >= 0.3 is 0 Å². The van der Waals surface area contributed by atoms with Gasteiger partial charge in [-0.3, -0.25) is 4.79 Å². The summed E-state index contributed by atoms with van der Waals surface area (Å²) in [6.45, 7) is 0. The van der Waals surface area contributed by atoms with E-state index in [1.54, 1.807) is 0 Å². The smallest absolute Gasteiger partial charge is 0.255 e. The molecule has 0 atom stereocenters. The van der Waals surface area contributed by atoms with Crippen LogP contribution < -0.4 is 11.1 Å². The zero-order valence-electron chi connectivity index (χ0n) is 10.2. The molecule has 0 aliphatic carbocycles. The Morgan fingerprint density at radius 2 is 1.80 bits per heavy atom. The number of nitrogens with two attached hydrogens (primary N) is 1. The SMILES string of the molecule is N#Cc1ccc(C(=O)Nc2cc(N)c(F)cc2F)cc1. The van der Waals surface area contributed by atoms with Crippen LogP contribution in [-0.4, -0.2) is 5.91 Å². The molecule has 0 spiro atoms. The van der Waals surface area contributed by atoms with Crippen molar-refractivity contribution < 1.29 is 13.6 Å². The Hall–Kier alpha value is -2.94. The number of amides is 1. The van der Waals surface area contributed by atoms with Crippen LogP contribution in [0.1, 0.15) is 15.9 Å². The van der Waals surface area contributed by atoms with Gasteiger partial charge in [-0.25, -0.2) is 8.78 Å². The van der Waals surface area contributed by atoms with Crippen LogP contribution in [0.2, 0.25) is 0 Å². The van der Waals surface area contributed by atoms with Crippen LogP contribution in [0.15, 0.2) is 36.4 Å². The van der Waals surface area contributed by atoms with Gasteiger partial charge in [-0.05, 0) is 30.3 Å². The quantitative estimate of drug-likeness (QED) is 0.825. The lowest BCUT2D eigenvalue weighted by Crippen LogP contribution is -2.13. The van der Waals surface area contributed by atoms with E-state index < -0.39 is 17.5 Å². The van der Waals surface area contributed by atoms with Crippen molar-refractivity contribution in [1.29, 1.82) is 5.26 Å². The number of carbonyl (C=O) groups is 1. The molecule has 2 rings (SSSR count). The van der Waals surface area contributed by atoms with E-state index in [0.29, 0.717) is 11.6 Å². The first kappa shape index (κ1) is 13.5. The summed E-state index contributed by atoms with van der Waals surface area (Å²) in [7, 11) is 0. The fourth-order valence-electron chi connectivity index (χ4n) is 1.55. The number of carbonyl (C=O) groups excluding carboxylic acids is 1. The molecule has 0 aliphatic heterocycles. The minimum atomic E-state index is -0.918. The van der Waals surface area contributed by atoms with E-state index in [-0.39, 0.29) is 16.9 Å². The van der Waals surface area contributed by atoms with Crippen LogP contribution in [0.4, 0.5) is 20.2 Å². The fraction of sp³-hybridized carbons (Fsp3) is 0. The van der Waals surface area contributed by atoms with Crippen molar-refractivity contribution in [2.24, 2.45) is 0 Å². The molecule has 0 heterocycles. The Bertz CT molecular complexity index is 706. The van der Waals surface area contributed by atoms with Crippen molar-refractivity contribution in [3.63, 3.8) is 0 Å². The largest absolute Gasteiger partial charge is 0.396 e. The number of nitrogens with one attached hydrogen (secondary N) is 1. The first-order valence-electron chi connectivity index (χ1n) is 5.57. The second kappa shape index (κ2) is 5.36. The molecule has 2 aromatic rings. The van der Waals surface area contributed by atoms with Crippen LogP contribution in [0.3, 0.4) is 0 Å². The van der Waals surface area contributed by atoms with Crippen molar-refractivity contribution in [2.45, 2.75) is 0 Å². The molecule has 0 unspecified atom stereocenters. The Morgan fingerprint density at radius 3 is 2.40 bits per heavy atom. The van der Waals surface area contributed by atoms with Crippen LogP contribution >= 0.6 is 0 Å². The third kappa shape index (κ3) is 2.72. The predicted molar refractivity (Wildman–Crippen MR) is 69.9 cm³/mol. The van der Waals surface area contributed by atoms with Crippen LogP contribution in [0, 0.1) is 23.0 Å². The molecule has 0 saturated heterocycles. The summed E-state index contributed by atoms with van der Waals surface area (Å²) in [5.74, 6) is -2.39. The lowest BCUT2D eigenvalue weighted by atomic mass is 10.1. The second-order valence-electron chi connectivity index (χ2n) is 4.00. The number of hydrogen-bond acceptors (Lipinski definition) is 3. The van der Waals surface area contributed by atoms with E-state index in [9.17, 15) is 13.6 Å². The van der Waals surface area contributed by atoms with Gasteiger partial charge in [0, 0.05) is 11.6 Å². The van der Waals surface area contributed by atoms with Crippen molar-refractivity contribution in [3.05, 3.63) is 59.2 Å². The molecule has 0 fully saturated rings. The summed E-state index contributed by atoms with van der Waals surface area (Å²) in [5.41, 5.74) is 5.48. The van der Waals surface area contributed by atoms with Gasteiger partial charge in [-0.1, -0.05) is 0 Å². The average Bonchev–Trinajstić information content (AvgIpc) is 2.44. The van der Waals surface area contributed by atoms with E-state index in [0.717, 1.165) is 6.07 Å². The minimum absolute atomic E-state index is 0.210. The molecule has 20 heavy (non-hydrogen) atoms. The highest BCUT2D eigenvalue weighted by atomic mass is 19.1. The fourth-order valence-corrected chi connectivity index (χ4v) is 1.55. The summed E-state index contributed by atoms with van der Waals surface area (Å²) < 4.78 is 26.5. The maximum absolute atomic E-state index is 13.5. The van der Waals surface area contributed by atoms with Crippen LogP contribution in [-0.2, 0) is 0 Å². The molecule has 0 aromatic heterocycles. The lowest BCUT2D eigenvalue weighted by molar-refractivity contribution is 0.102. The van der Waals surface area contributed by atoms with Crippen LogP contribution in [0.5, 0.6) is 0 Å². The number of benzene rings is 2. The topological polar surface area (TPSA) is 78.9 Å². The highest BCUT2D eigenvalue weighted by molar-refractivity contribution is 6.04. The normalized spacial score (nSPS) is 9.85. The molecule has 1 amide bonds. The van der Waals surface area contributed by atoms with E-state index >= 15 is 0 Å². The highest BCUT2D eigenvalue weighted by Crippen LogP contribution is 2.21. The number of nitrogen functional groups attached to an aromatic ring is 1. The van der Waals surface area contributed by atoms with Crippen LogP contribution in [0.25, 0.3) is 0 Å². The maximum atomic E-state index is 13.5. The van der Waals surface area contributed by atoms with Crippen molar-refractivity contribution in [1.82, 2.24) is 0 Å². The summed E-state index contributed by atoms with van der Waals surface area (Å²) in [6, 6.07) is 9.31. The van der Waals surface area contributed by atoms with Crippen molar-refractivity contribution >= 4 is 17.3 Å². The van der Waals surface area contributed by atoms with Gasteiger partial charge in [-0.15, -0.1) is 0 Å². The van der Waals surface area contributed by atoms with Gasteiger partial charge < -0.3 is 11.1 Å². The minimum Gasteiger partial charge on any atom is -0.396 e. The number of anilines is 2. The molecule has 0 saturated carbocycles. The zero-order chi connectivity index (χ0) is 14.7. The van der Waals surface area contributed by atoms with Crippen molar-refractivity contribution in [3.8, 4) is 6.07 Å². The molecular formula is C14H9F2N3O. The van der Waals surface area contributed by atoms with Gasteiger partial charge in [0.1, 0.15) is 11.6 Å². The Kier molecular flexibility index (Phi) is 3.62. The average molecular weight is 273 g/mol. The molecule has 2 aromatic carbocycles. The van der Waals surface area contributed by atoms with E-state index in [4.69, 9.17) is 11.0 Å². The Morgan fingerprint density at radius 1 is 1.15 bits per heavy atom. The zero-order valence-corrected chi connectivity index (χ0v) is 10.2. The van der Waals surface area contributed by atoms with Gasteiger partial charge in [0.05, 0.1) is 23.0 Å². The van der Waals surface area contributed by atoms with Gasteiger partial charge in [0.2, 0.25) is 0 Å². The predicted octanol–water partition coefficient (Wildman–Crippen LogP) is 2.67. The first-order valence-corrected chi connectivity index (χ1v) is 5.57. The number of nitrogens with zero attached hydrogens (tertiary/aromatic N) is 1. The third-order valence-electron chi connectivity index (χ3n) is 2.61. The molecule has 3 N–H and O–H groups in total. The molecule has 100 valence electrons. The summed E-state index contributed by atoms with van der Waals surface area (Å²) in [5, 5.41) is 10.9. The molecule has 0 bridgehead atoms. The Balaban J connectivity index is 2.23. The molecular weight excluding hydrogens is 264 g/mol. The van der Waals surface area contributed by atoms with E-state index in [1.165, 1.54) is 24.3 Å². The summed E-state index contributed by atoms with van der Waals surface area (Å²) in [6.07, 6.45) is 0. The third-order valence-corrected chi connectivity index (χ3v) is 2.61. The maximum Gasteiger partial charge on any atom is 0.255 e. The van der Waals surface area contributed by atoms with E-state index in [2.05, 4.69) is 5.32 Å². The standard InChI is InChI=1S/C14H9F2N3O/c15-10-5-11(16)13(6-12(10)18)19-14(20)9-3-1-8(7-17)2-4-9/h1-6H,18H2,(H,19,20). The number of nitriles is 1. The number of halogens is 2. The van der Waals surface area contributed by atoms with E-state index in [1.807, 2.05) is 6.07 Å². The molecule has 0 aliphatic rings. The second-order valence-corrected chi connectivity index (χ2v) is 4.00. The van der Waals surface area contributed by atoms with Gasteiger partial charge in [0.15, 0.2) is 0 Å². The first-order chi connectivity index (χ1) is 9.51. The summed E-state index contributed by atoms with van der Waals surface area (Å²) in [4.78, 5) is 11.9. The highest BCUT2D eigenvalue weighted by Gasteiger charge is 2.12. The lowest BCUT2D eigenvalue weighted by Gasteiger charge is -2.08. The number of hydrogen-bond donors (Lipinski definition) is 2. The van der Waals surface area contributed by atoms with Gasteiger partial charge in [0.25, 0.3) is 5.91 Å². The van der Waals surface area contributed by atoms with Gasteiger partial charge in [-0.2, -0.15) is 5.26 Å². The molecule has 0 radical (unpaired) electrons. The van der Waals surface area contributed by atoms with Crippen molar-refractivity contribution in [2.75, 3.05) is 11.1 Å². The Labute approximate surface area is 113 Å². The number of rotatable bonds is 2.